The van der Waals surface area contributed by atoms with E-state index in [0.29, 0.717) is 6.54 Å². The normalized spacial score (nSPS) is 18.9. The van der Waals surface area contributed by atoms with Crippen LogP contribution < -0.4 is 10.5 Å². The van der Waals surface area contributed by atoms with Gasteiger partial charge in [0.1, 0.15) is 5.75 Å². The van der Waals surface area contributed by atoms with E-state index in [0.717, 1.165) is 18.4 Å². The van der Waals surface area contributed by atoms with Crippen molar-refractivity contribution in [1.82, 2.24) is 0 Å². The minimum Gasteiger partial charge on any atom is -0.435 e. The Morgan fingerprint density at radius 3 is 2.22 bits per heavy atom. The number of nitrogens with two attached hydrogens (primary N) is 1. The van der Waals surface area contributed by atoms with Gasteiger partial charge < -0.3 is 10.5 Å². The van der Waals surface area contributed by atoms with E-state index in [4.69, 9.17) is 5.73 Å². The Labute approximate surface area is 106 Å². The summed E-state index contributed by atoms with van der Waals surface area (Å²) < 4.78 is 28.5. The molecule has 1 fully saturated rings. The Hall–Kier alpha value is -1.16. The highest BCUT2D eigenvalue weighted by Gasteiger charge is 2.32. The Bertz CT molecular complexity index is 372. The van der Waals surface area contributed by atoms with Gasteiger partial charge in [-0.25, -0.2) is 0 Å². The lowest BCUT2D eigenvalue weighted by Crippen LogP contribution is -2.37. The molecule has 4 heteroatoms. The van der Waals surface area contributed by atoms with Crippen LogP contribution in [0.4, 0.5) is 8.78 Å². The Morgan fingerprint density at radius 2 is 1.72 bits per heavy atom. The molecule has 1 aliphatic rings. The average Bonchev–Trinajstić information content (AvgIpc) is 2.39. The smallest absolute Gasteiger partial charge is 0.387 e. The zero-order valence-electron chi connectivity index (χ0n) is 10.4. The van der Waals surface area contributed by atoms with Crippen molar-refractivity contribution in [1.29, 1.82) is 0 Å². The number of rotatable bonds is 4. The standard InChI is InChI=1S/C14H19F2NO/c15-13(16)18-12-6-4-11(5-7-12)14(10-17)8-2-1-3-9-14/h4-7,13H,1-3,8-10,17H2. The van der Waals surface area contributed by atoms with Gasteiger partial charge in [-0.1, -0.05) is 31.4 Å². The summed E-state index contributed by atoms with van der Waals surface area (Å²) in [7, 11) is 0. The van der Waals surface area contributed by atoms with Gasteiger partial charge in [0.05, 0.1) is 0 Å². The van der Waals surface area contributed by atoms with Crippen LogP contribution in [-0.2, 0) is 5.41 Å². The van der Waals surface area contributed by atoms with Gasteiger partial charge in [-0.15, -0.1) is 0 Å². The summed E-state index contributed by atoms with van der Waals surface area (Å²) >= 11 is 0. The van der Waals surface area contributed by atoms with Crippen molar-refractivity contribution >= 4 is 0 Å². The van der Waals surface area contributed by atoms with Crippen LogP contribution in [0.2, 0.25) is 0 Å². The summed E-state index contributed by atoms with van der Waals surface area (Å²) in [6.45, 7) is -2.16. The fourth-order valence-corrected chi connectivity index (χ4v) is 2.83. The molecular formula is C14H19F2NO. The number of hydrogen-bond donors (Lipinski definition) is 1. The Morgan fingerprint density at radius 1 is 1.11 bits per heavy atom. The molecule has 0 aliphatic heterocycles. The van der Waals surface area contributed by atoms with Gasteiger partial charge in [-0.2, -0.15) is 8.78 Å². The third kappa shape index (κ3) is 2.80. The van der Waals surface area contributed by atoms with E-state index in [1.807, 2.05) is 12.1 Å². The summed E-state index contributed by atoms with van der Waals surface area (Å²) in [6, 6.07) is 6.95. The predicted octanol–water partition coefficient (Wildman–Crippen LogP) is 3.45. The first-order valence-electron chi connectivity index (χ1n) is 6.42. The molecule has 2 rings (SSSR count). The number of ether oxygens (including phenoxy) is 1. The predicted molar refractivity (Wildman–Crippen MR) is 66.9 cm³/mol. The van der Waals surface area contributed by atoms with Gasteiger partial charge in [0.25, 0.3) is 0 Å². The maximum atomic E-state index is 12.1. The van der Waals surface area contributed by atoms with Gasteiger partial charge in [-0.3, -0.25) is 0 Å². The number of hydrogen-bond acceptors (Lipinski definition) is 2. The summed E-state index contributed by atoms with van der Waals surface area (Å²) in [5, 5.41) is 0. The van der Waals surface area contributed by atoms with Crippen LogP contribution in [-0.4, -0.2) is 13.2 Å². The minimum absolute atomic E-state index is 0.0294. The molecule has 18 heavy (non-hydrogen) atoms. The summed E-state index contributed by atoms with van der Waals surface area (Å²) in [4.78, 5) is 0. The molecule has 0 heterocycles. The molecule has 0 aromatic heterocycles. The SMILES string of the molecule is NCC1(c2ccc(OC(F)F)cc2)CCCCC1. The Kier molecular flexibility index (Phi) is 4.17. The van der Waals surface area contributed by atoms with Crippen LogP contribution in [0.25, 0.3) is 0 Å². The van der Waals surface area contributed by atoms with Crippen molar-refractivity contribution in [3.8, 4) is 5.75 Å². The van der Waals surface area contributed by atoms with Crippen LogP contribution in [0.3, 0.4) is 0 Å². The lowest BCUT2D eigenvalue weighted by Gasteiger charge is -2.36. The molecule has 0 saturated heterocycles. The van der Waals surface area contributed by atoms with E-state index in [1.54, 1.807) is 12.1 Å². The molecule has 0 spiro atoms. The molecule has 1 saturated carbocycles. The zero-order valence-corrected chi connectivity index (χ0v) is 10.4. The van der Waals surface area contributed by atoms with Gasteiger partial charge in [0.15, 0.2) is 0 Å². The summed E-state index contributed by atoms with van der Waals surface area (Å²) in [5.41, 5.74) is 7.11. The van der Waals surface area contributed by atoms with Crippen LogP contribution in [0, 0.1) is 0 Å². The van der Waals surface area contributed by atoms with Crippen LogP contribution in [0.15, 0.2) is 24.3 Å². The maximum Gasteiger partial charge on any atom is 0.387 e. The second kappa shape index (κ2) is 5.65. The molecule has 2 nitrogen and oxygen atoms in total. The van der Waals surface area contributed by atoms with Crippen molar-refractivity contribution in [2.75, 3.05) is 6.54 Å². The molecule has 1 aromatic carbocycles. The molecule has 1 aromatic rings. The van der Waals surface area contributed by atoms with Gasteiger partial charge in [0.2, 0.25) is 0 Å². The molecule has 0 radical (unpaired) electrons. The highest BCUT2D eigenvalue weighted by molar-refractivity contribution is 5.33. The molecule has 100 valence electrons. The van der Waals surface area contributed by atoms with Crippen molar-refractivity contribution in [2.24, 2.45) is 5.73 Å². The molecule has 0 amide bonds. The van der Waals surface area contributed by atoms with Crippen molar-refractivity contribution in [3.63, 3.8) is 0 Å². The number of alkyl halides is 2. The van der Waals surface area contributed by atoms with Crippen molar-refractivity contribution in [3.05, 3.63) is 29.8 Å². The monoisotopic (exact) mass is 255 g/mol. The number of benzene rings is 1. The number of halogens is 2. The molecule has 2 N–H and O–H groups in total. The third-order valence-corrected chi connectivity index (χ3v) is 3.89. The van der Waals surface area contributed by atoms with Gasteiger partial charge in [0, 0.05) is 12.0 Å². The molecular weight excluding hydrogens is 236 g/mol. The van der Waals surface area contributed by atoms with Crippen LogP contribution >= 0.6 is 0 Å². The maximum absolute atomic E-state index is 12.1. The third-order valence-electron chi connectivity index (χ3n) is 3.89. The topological polar surface area (TPSA) is 35.2 Å². The quantitative estimate of drug-likeness (QED) is 0.894. The summed E-state index contributed by atoms with van der Waals surface area (Å²) in [5.74, 6) is 0.205. The lowest BCUT2D eigenvalue weighted by atomic mass is 9.69. The molecule has 1 aliphatic carbocycles. The molecule has 0 atom stereocenters. The fraction of sp³-hybridized carbons (Fsp3) is 0.571. The lowest BCUT2D eigenvalue weighted by molar-refractivity contribution is -0.0498. The first-order chi connectivity index (χ1) is 8.66. The van der Waals surface area contributed by atoms with E-state index in [-0.39, 0.29) is 11.2 Å². The first kappa shape index (κ1) is 13.3. The van der Waals surface area contributed by atoms with E-state index >= 15 is 0 Å². The van der Waals surface area contributed by atoms with Gasteiger partial charge in [-0.05, 0) is 30.5 Å². The highest BCUT2D eigenvalue weighted by Crippen LogP contribution is 2.39. The minimum atomic E-state index is -2.77. The van der Waals surface area contributed by atoms with E-state index in [2.05, 4.69) is 4.74 Å². The van der Waals surface area contributed by atoms with Crippen LogP contribution in [0.1, 0.15) is 37.7 Å². The first-order valence-corrected chi connectivity index (χ1v) is 6.42. The average molecular weight is 255 g/mol. The van der Waals surface area contributed by atoms with Crippen molar-refractivity contribution < 1.29 is 13.5 Å². The Balaban J connectivity index is 2.16. The highest BCUT2D eigenvalue weighted by atomic mass is 19.3. The summed E-state index contributed by atoms with van der Waals surface area (Å²) in [6.07, 6.45) is 5.80. The second-order valence-electron chi connectivity index (χ2n) is 4.95. The van der Waals surface area contributed by atoms with Crippen molar-refractivity contribution in [2.45, 2.75) is 44.1 Å². The van der Waals surface area contributed by atoms with E-state index in [9.17, 15) is 8.78 Å². The fourth-order valence-electron chi connectivity index (χ4n) is 2.83. The zero-order chi connectivity index (χ0) is 13.0. The van der Waals surface area contributed by atoms with Crippen LogP contribution in [0.5, 0.6) is 5.75 Å². The second-order valence-corrected chi connectivity index (χ2v) is 4.95. The van der Waals surface area contributed by atoms with E-state index in [1.165, 1.54) is 19.3 Å². The van der Waals surface area contributed by atoms with Gasteiger partial charge >= 0.3 is 6.61 Å². The molecule has 0 unspecified atom stereocenters. The largest absolute Gasteiger partial charge is 0.435 e. The van der Waals surface area contributed by atoms with E-state index < -0.39 is 6.61 Å². The molecule has 0 bridgehead atoms.